The van der Waals surface area contributed by atoms with Crippen molar-refractivity contribution < 1.29 is 14.2 Å². The highest BCUT2D eigenvalue weighted by Crippen LogP contribution is 2.32. The number of nitrogens with one attached hydrogen (secondary N) is 1. The highest BCUT2D eigenvalue weighted by molar-refractivity contribution is 5.44. The first-order valence-corrected chi connectivity index (χ1v) is 6.96. The van der Waals surface area contributed by atoms with Gasteiger partial charge in [-0.2, -0.15) is 5.26 Å². The summed E-state index contributed by atoms with van der Waals surface area (Å²) < 4.78 is 16.0. The molecule has 1 N–H and O–H groups in total. The second-order valence-corrected chi connectivity index (χ2v) is 4.87. The molecule has 0 fully saturated rings. The molecule has 1 atom stereocenters. The Bertz CT molecular complexity index is 709. The normalized spacial score (nSPS) is 13.5. The molecular formula is C17H16N2O3. The fourth-order valence-corrected chi connectivity index (χ4v) is 2.40. The van der Waals surface area contributed by atoms with Crippen LogP contribution in [0.3, 0.4) is 0 Å². The van der Waals surface area contributed by atoms with Gasteiger partial charge < -0.3 is 14.2 Å². The summed E-state index contributed by atoms with van der Waals surface area (Å²) in [7, 11) is 1.60. The first-order chi connectivity index (χ1) is 10.8. The van der Waals surface area contributed by atoms with E-state index < -0.39 is 6.04 Å². The van der Waals surface area contributed by atoms with Crippen molar-refractivity contribution >= 4 is 0 Å². The van der Waals surface area contributed by atoms with Gasteiger partial charge >= 0.3 is 0 Å². The van der Waals surface area contributed by atoms with E-state index in [2.05, 4.69) is 11.4 Å². The predicted molar refractivity (Wildman–Crippen MR) is 80.8 cm³/mol. The fourth-order valence-electron chi connectivity index (χ4n) is 2.40. The van der Waals surface area contributed by atoms with E-state index >= 15 is 0 Å². The van der Waals surface area contributed by atoms with Crippen LogP contribution in [0.1, 0.15) is 17.2 Å². The maximum atomic E-state index is 9.42. The molecule has 22 heavy (non-hydrogen) atoms. The average molecular weight is 296 g/mol. The van der Waals surface area contributed by atoms with Crippen molar-refractivity contribution in [2.24, 2.45) is 0 Å². The smallest absolute Gasteiger partial charge is 0.231 e. The van der Waals surface area contributed by atoms with Gasteiger partial charge in [0.1, 0.15) is 11.8 Å². The highest BCUT2D eigenvalue weighted by Gasteiger charge is 2.16. The first-order valence-electron chi connectivity index (χ1n) is 6.96. The molecule has 112 valence electrons. The predicted octanol–water partition coefficient (Wildman–Crippen LogP) is 2.78. The molecule has 1 unspecified atom stereocenters. The number of hydrogen-bond donors (Lipinski definition) is 1. The number of para-hydroxylation sites is 1. The van der Waals surface area contributed by atoms with E-state index in [1.807, 2.05) is 42.5 Å². The van der Waals surface area contributed by atoms with E-state index in [9.17, 15) is 5.26 Å². The Kier molecular flexibility index (Phi) is 4.12. The SMILES string of the molecule is COc1ccccc1C(C#N)NCc1ccc2c(c1)OCO2. The van der Waals surface area contributed by atoms with Gasteiger partial charge in [0, 0.05) is 12.1 Å². The summed E-state index contributed by atoms with van der Waals surface area (Å²) in [5.41, 5.74) is 1.85. The van der Waals surface area contributed by atoms with Crippen LogP contribution in [-0.4, -0.2) is 13.9 Å². The first kappa shape index (κ1) is 14.2. The summed E-state index contributed by atoms with van der Waals surface area (Å²) in [6.45, 7) is 0.807. The van der Waals surface area contributed by atoms with Crippen molar-refractivity contribution in [1.82, 2.24) is 5.32 Å². The lowest BCUT2D eigenvalue weighted by Gasteiger charge is -2.15. The number of hydrogen-bond acceptors (Lipinski definition) is 5. The Hall–Kier alpha value is -2.71. The minimum absolute atomic E-state index is 0.258. The highest BCUT2D eigenvalue weighted by atomic mass is 16.7. The third-order valence-corrected chi connectivity index (χ3v) is 3.53. The lowest BCUT2D eigenvalue weighted by Crippen LogP contribution is -2.20. The number of nitriles is 1. The van der Waals surface area contributed by atoms with Gasteiger partial charge in [-0.05, 0) is 23.8 Å². The molecule has 0 saturated carbocycles. The summed E-state index contributed by atoms with van der Waals surface area (Å²) >= 11 is 0. The third-order valence-electron chi connectivity index (χ3n) is 3.53. The number of methoxy groups -OCH3 is 1. The minimum atomic E-state index is -0.443. The van der Waals surface area contributed by atoms with Crippen molar-refractivity contribution in [3.8, 4) is 23.3 Å². The Morgan fingerprint density at radius 1 is 1.23 bits per heavy atom. The van der Waals surface area contributed by atoms with Crippen LogP contribution in [0.4, 0.5) is 0 Å². The fraction of sp³-hybridized carbons (Fsp3) is 0.235. The van der Waals surface area contributed by atoms with Crippen LogP contribution in [-0.2, 0) is 6.54 Å². The molecule has 5 heteroatoms. The number of nitrogens with zero attached hydrogens (tertiary/aromatic N) is 1. The average Bonchev–Trinajstić information content (AvgIpc) is 3.03. The van der Waals surface area contributed by atoms with Crippen LogP contribution in [0, 0.1) is 11.3 Å². The number of rotatable bonds is 5. The number of benzene rings is 2. The minimum Gasteiger partial charge on any atom is -0.496 e. The molecule has 2 aromatic rings. The van der Waals surface area contributed by atoms with Crippen LogP contribution in [0.15, 0.2) is 42.5 Å². The molecule has 1 heterocycles. The van der Waals surface area contributed by atoms with E-state index in [0.717, 1.165) is 22.6 Å². The summed E-state index contributed by atoms with van der Waals surface area (Å²) in [5.74, 6) is 2.20. The van der Waals surface area contributed by atoms with Crippen molar-refractivity contribution in [1.29, 1.82) is 5.26 Å². The third kappa shape index (κ3) is 2.83. The van der Waals surface area contributed by atoms with Gasteiger partial charge in [-0.1, -0.05) is 24.3 Å². The molecule has 0 aromatic heterocycles. The standard InChI is InChI=1S/C17H16N2O3/c1-20-15-5-3-2-4-13(15)14(9-18)19-10-12-6-7-16-17(8-12)22-11-21-16/h2-8,14,19H,10-11H2,1H3. The second-order valence-electron chi connectivity index (χ2n) is 4.87. The zero-order valence-corrected chi connectivity index (χ0v) is 12.2. The lowest BCUT2D eigenvalue weighted by atomic mass is 10.1. The van der Waals surface area contributed by atoms with Crippen LogP contribution in [0.25, 0.3) is 0 Å². The lowest BCUT2D eigenvalue weighted by molar-refractivity contribution is 0.174. The zero-order valence-electron chi connectivity index (χ0n) is 12.2. The van der Waals surface area contributed by atoms with Crippen molar-refractivity contribution in [2.75, 3.05) is 13.9 Å². The monoisotopic (exact) mass is 296 g/mol. The molecule has 0 amide bonds. The van der Waals surface area contributed by atoms with Gasteiger partial charge in [0.15, 0.2) is 11.5 Å². The molecule has 5 nitrogen and oxygen atoms in total. The van der Waals surface area contributed by atoms with Crippen molar-refractivity contribution in [3.63, 3.8) is 0 Å². The second kappa shape index (κ2) is 6.37. The maximum Gasteiger partial charge on any atom is 0.231 e. The van der Waals surface area contributed by atoms with Gasteiger partial charge in [0.25, 0.3) is 0 Å². The Labute approximate surface area is 129 Å². The number of ether oxygens (including phenoxy) is 3. The molecule has 1 aliphatic heterocycles. The quantitative estimate of drug-likeness (QED) is 0.919. The summed E-state index contributed by atoms with van der Waals surface area (Å²) in [6, 6.07) is 15.1. The molecule has 3 rings (SSSR count). The van der Waals surface area contributed by atoms with Crippen molar-refractivity contribution in [2.45, 2.75) is 12.6 Å². The van der Waals surface area contributed by atoms with E-state index in [0.29, 0.717) is 12.3 Å². The maximum absolute atomic E-state index is 9.42. The Morgan fingerprint density at radius 3 is 2.86 bits per heavy atom. The van der Waals surface area contributed by atoms with Gasteiger partial charge in [-0.15, -0.1) is 0 Å². The van der Waals surface area contributed by atoms with Gasteiger partial charge in [-0.25, -0.2) is 0 Å². The van der Waals surface area contributed by atoms with Gasteiger partial charge in [-0.3, -0.25) is 5.32 Å². The molecule has 2 aromatic carbocycles. The molecular weight excluding hydrogens is 280 g/mol. The van der Waals surface area contributed by atoms with Crippen LogP contribution >= 0.6 is 0 Å². The summed E-state index contributed by atoms with van der Waals surface area (Å²) in [5, 5.41) is 12.6. The topological polar surface area (TPSA) is 63.5 Å². The summed E-state index contributed by atoms with van der Waals surface area (Å²) in [4.78, 5) is 0. The Balaban J connectivity index is 1.73. The summed E-state index contributed by atoms with van der Waals surface area (Å²) in [6.07, 6.45) is 0. The molecule has 0 aliphatic carbocycles. The largest absolute Gasteiger partial charge is 0.496 e. The van der Waals surface area contributed by atoms with Gasteiger partial charge in [0.05, 0.1) is 13.2 Å². The van der Waals surface area contributed by atoms with Gasteiger partial charge in [0.2, 0.25) is 6.79 Å². The zero-order chi connectivity index (χ0) is 15.4. The van der Waals surface area contributed by atoms with Crippen LogP contribution < -0.4 is 19.5 Å². The molecule has 0 spiro atoms. The van der Waals surface area contributed by atoms with E-state index in [1.165, 1.54) is 0 Å². The van der Waals surface area contributed by atoms with Crippen molar-refractivity contribution in [3.05, 3.63) is 53.6 Å². The van der Waals surface area contributed by atoms with Crippen LogP contribution in [0.2, 0.25) is 0 Å². The van der Waals surface area contributed by atoms with Crippen LogP contribution in [0.5, 0.6) is 17.2 Å². The molecule has 0 bridgehead atoms. The number of fused-ring (bicyclic) bond motifs is 1. The van der Waals surface area contributed by atoms with E-state index in [-0.39, 0.29) is 6.79 Å². The molecule has 0 saturated heterocycles. The Morgan fingerprint density at radius 2 is 2.05 bits per heavy atom. The van der Waals surface area contributed by atoms with E-state index in [4.69, 9.17) is 14.2 Å². The van der Waals surface area contributed by atoms with E-state index in [1.54, 1.807) is 7.11 Å². The molecule has 1 aliphatic rings. The molecule has 0 radical (unpaired) electrons.